The Morgan fingerprint density at radius 3 is 0.575 bits per heavy atom. The SMILES string of the molecule is Cc1cccc(C)c1O.Cc1cccc(C)c1O.Cc1cccc(C)c1O.Cc1cccc(C)c1O.[CH-]1CCC2C3NC(NC4NC(NC5NC(NC6NC(N3)C3C[CH-]CCC63)C3C[CH-]CCC53)C3CC[CH-]CC43)C2C1.[Co].[Co].[Co].[Co]. The minimum atomic E-state index is 0. The van der Waals surface area contributed by atoms with Gasteiger partial charge < -0.3 is 46.1 Å². The summed E-state index contributed by atoms with van der Waals surface area (Å²) in [4.78, 5) is 0. The second-order valence-electron chi connectivity index (χ2n) is 23.8. The standard InChI is InChI=1S/C32H52N8.4C8H10O.4Co/c1-2-10-18-17(9-1)25-33-26(18)38-28-21-13-5-6-14-22(21)30(35-28)40-32-24-16-8-7-15-23(24)31(36-32)39-29-20-12-4-3-11-19(20)27(34-29)37-25;4*1-6-4-3-5-7(2)8(6)9;;;;/h1,3,5,8,17-40H,2,4,6-7,9-16H2;4*3-5,9H,1-2H3;;;;/q-4;;;;;;;;. The van der Waals surface area contributed by atoms with Gasteiger partial charge in [0.25, 0.3) is 0 Å². The van der Waals surface area contributed by atoms with Crippen LogP contribution in [-0.2, 0) is 67.1 Å². The van der Waals surface area contributed by atoms with E-state index in [1.54, 1.807) is 0 Å². The normalized spacial score (nSPS) is 33.1. The summed E-state index contributed by atoms with van der Waals surface area (Å²) >= 11 is 0. The third kappa shape index (κ3) is 16.2. The van der Waals surface area contributed by atoms with Gasteiger partial charge in [0.2, 0.25) is 0 Å². The zero-order valence-electron chi connectivity index (χ0n) is 48.1. The summed E-state index contributed by atoms with van der Waals surface area (Å²) in [6, 6.07) is 22.9. The Bertz CT molecular complexity index is 2060. The molecule has 4 aromatic carbocycles. The van der Waals surface area contributed by atoms with Gasteiger partial charge in [-0.1, -0.05) is 98.5 Å². The summed E-state index contributed by atoms with van der Waals surface area (Å²) in [6.45, 7) is 15.1. The Morgan fingerprint density at radius 2 is 0.425 bits per heavy atom. The van der Waals surface area contributed by atoms with Gasteiger partial charge in [-0.25, -0.2) is 0 Å². The van der Waals surface area contributed by atoms with Gasteiger partial charge in [-0.2, -0.15) is 51.4 Å². The van der Waals surface area contributed by atoms with Gasteiger partial charge in [-0.15, -0.1) is 0 Å². The zero-order valence-corrected chi connectivity index (χ0v) is 52.2. The molecule has 16 unspecified atom stereocenters. The van der Waals surface area contributed by atoms with Gasteiger partial charge in [0, 0.05) is 67.1 Å². The van der Waals surface area contributed by atoms with Gasteiger partial charge in [0.05, 0.1) is 49.3 Å². The second kappa shape index (κ2) is 31.8. The summed E-state index contributed by atoms with van der Waals surface area (Å²) in [7, 11) is 0. The minimum absolute atomic E-state index is 0. The molecule has 16 atom stereocenters. The van der Waals surface area contributed by atoms with Gasteiger partial charge >= 0.3 is 0 Å². The molecule has 452 valence electrons. The molecule has 5 saturated heterocycles. The Hall–Kier alpha value is -2.21. The van der Waals surface area contributed by atoms with Crippen LogP contribution in [0.15, 0.2) is 72.8 Å². The molecule has 8 bridgehead atoms. The van der Waals surface area contributed by atoms with E-state index in [2.05, 4.69) is 68.2 Å². The molecule has 9 fully saturated rings. The summed E-state index contributed by atoms with van der Waals surface area (Å²) in [5.41, 5.74) is 7.52. The van der Waals surface area contributed by atoms with Crippen LogP contribution in [0.4, 0.5) is 0 Å². The molecular weight excluding hydrogens is 1180 g/mol. The van der Waals surface area contributed by atoms with E-state index < -0.39 is 0 Å². The quantitative estimate of drug-likeness (QED) is 0.0752. The Kier molecular flexibility index (Phi) is 27.2. The first-order valence-corrected chi connectivity index (χ1v) is 29.0. The van der Waals surface area contributed by atoms with E-state index >= 15 is 0 Å². The van der Waals surface area contributed by atoms with E-state index in [9.17, 15) is 20.4 Å². The molecule has 4 saturated carbocycles. The summed E-state index contributed by atoms with van der Waals surface area (Å²) in [6.07, 6.45) is 28.4. The number of para-hydroxylation sites is 4. The average Bonchev–Trinajstić information content (AvgIpc) is 4.19. The molecule has 0 amide bonds. The third-order valence-corrected chi connectivity index (χ3v) is 18.8. The van der Waals surface area contributed by atoms with Crippen molar-refractivity contribution in [2.24, 2.45) is 47.3 Å². The Morgan fingerprint density at radius 1 is 0.275 bits per heavy atom. The number of aryl methyl sites for hydroxylation is 8. The van der Waals surface area contributed by atoms with Crippen molar-refractivity contribution >= 4 is 0 Å². The number of aromatic hydroxyl groups is 4. The van der Waals surface area contributed by atoms with Crippen molar-refractivity contribution < 1.29 is 87.5 Å². The molecule has 4 aliphatic carbocycles. The van der Waals surface area contributed by atoms with E-state index in [0.29, 0.717) is 120 Å². The first-order chi connectivity index (χ1) is 36.7. The van der Waals surface area contributed by atoms with Crippen LogP contribution >= 0.6 is 0 Å². The molecule has 5 aliphatic heterocycles. The molecule has 0 spiro atoms. The van der Waals surface area contributed by atoms with Crippen molar-refractivity contribution in [2.45, 2.75) is 182 Å². The molecule has 13 rings (SSSR count). The van der Waals surface area contributed by atoms with Crippen molar-refractivity contribution in [3.63, 3.8) is 0 Å². The van der Waals surface area contributed by atoms with E-state index in [1.165, 1.54) is 77.0 Å². The van der Waals surface area contributed by atoms with Crippen LogP contribution in [0, 0.1) is 128 Å². The van der Waals surface area contributed by atoms with E-state index in [4.69, 9.17) is 0 Å². The number of hydrogen-bond donors (Lipinski definition) is 12. The predicted molar refractivity (Wildman–Crippen MR) is 306 cm³/mol. The monoisotopic (exact) mass is 1270 g/mol. The van der Waals surface area contributed by atoms with E-state index in [0.717, 1.165) is 44.5 Å². The maximum Gasteiger partial charge on any atom is 0.121 e. The number of rotatable bonds is 0. The Balaban J connectivity index is 0.000000239. The molecule has 16 heteroatoms. The fourth-order valence-corrected chi connectivity index (χ4v) is 14.4. The first kappa shape index (κ1) is 68.6. The molecule has 5 heterocycles. The van der Waals surface area contributed by atoms with Crippen LogP contribution in [0.3, 0.4) is 0 Å². The molecule has 80 heavy (non-hydrogen) atoms. The summed E-state index contributed by atoms with van der Waals surface area (Å²) in [5.74, 6) is 7.12. The largest absolute Gasteiger partial charge is 0.507 e. The number of phenolic OH excluding ortho intramolecular Hbond substituents is 4. The zero-order chi connectivity index (χ0) is 53.6. The molecular formula is C64H92Co4N8O4-4. The maximum atomic E-state index is 9.21. The number of phenols is 4. The van der Waals surface area contributed by atoms with Gasteiger partial charge in [-0.05, 0) is 147 Å². The van der Waals surface area contributed by atoms with Crippen LogP contribution in [0.5, 0.6) is 23.0 Å². The fourth-order valence-electron chi connectivity index (χ4n) is 14.4. The summed E-state index contributed by atoms with van der Waals surface area (Å²) < 4.78 is 0. The number of benzene rings is 4. The van der Waals surface area contributed by atoms with Gasteiger partial charge in [0.1, 0.15) is 23.0 Å². The van der Waals surface area contributed by atoms with Crippen molar-refractivity contribution in [3.05, 3.63) is 143 Å². The second-order valence-corrected chi connectivity index (χ2v) is 23.8. The smallest absolute Gasteiger partial charge is 0.121 e. The van der Waals surface area contributed by atoms with Gasteiger partial charge in [-0.3, -0.25) is 42.5 Å². The number of fused-ring (bicyclic) bond motifs is 20. The minimum Gasteiger partial charge on any atom is -0.507 e. The third-order valence-electron chi connectivity index (χ3n) is 18.8. The van der Waals surface area contributed by atoms with Gasteiger partial charge in [0.15, 0.2) is 0 Å². The molecule has 9 aliphatic rings. The van der Waals surface area contributed by atoms with Crippen molar-refractivity contribution in [2.75, 3.05) is 0 Å². The fraction of sp³-hybridized carbons (Fsp3) is 0.562. The van der Waals surface area contributed by atoms with Crippen molar-refractivity contribution in [1.82, 2.24) is 42.5 Å². The van der Waals surface area contributed by atoms with Crippen LogP contribution in [0.1, 0.15) is 122 Å². The topological polar surface area (TPSA) is 177 Å². The molecule has 4 aromatic rings. The average molecular weight is 1270 g/mol. The molecule has 12 nitrogen and oxygen atoms in total. The van der Waals surface area contributed by atoms with Crippen LogP contribution < -0.4 is 42.5 Å². The molecule has 12 N–H and O–H groups in total. The van der Waals surface area contributed by atoms with E-state index in [-0.39, 0.29) is 67.1 Å². The van der Waals surface area contributed by atoms with Crippen molar-refractivity contribution in [3.8, 4) is 23.0 Å². The Labute approximate surface area is 521 Å². The molecule has 4 radical (unpaired) electrons. The van der Waals surface area contributed by atoms with Crippen LogP contribution in [0.25, 0.3) is 0 Å². The van der Waals surface area contributed by atoms with Crippen molar-refractivity contribution in [1.29, 1.82) is 0 Å². The van der Waals surface area contributed by atoms with Crippen LogP contribution in [0.2, 0.25) is 0 Å². The molecule has 0 aromatic heterocycles. The summed E-state index contributed by atoms with van der Waals surface area (Å²) in [5, 5.41) is 70.3. The number of hydrogen-bond acceptors (Lipinski definition) is 12. The first-order valence-electron chi connectivity index (χ1n) is 29.0. The van der Waals surface area contributed by atoms with Crippen LogP contribution in [-0.4, -0.2) is 69.8 Å². The number of nitrogens with one attached hydrogen (secondary N) is 8. The maximum absolute atomic E-state index is 9.21. The predicted octanol–water partition coefficient (Wildman–Crippen LogP) is 9.89. The van der Waals surface area contributed by atoms with E-state index in [1.807, 2.05) is 128 Å².